The molecule has 5 nitrogen and oxygen atoms in total. The normalized spacial score (nSPS) is 27.4. The zero-order chi connectivity index (χ0) is 14.7. The molecule has 5 heteroatoms. The smallest absolute Gasteiger partial charge is 0.251 e. The molecule has 2 atom stereocenters. The molecular formula is C15H24N2O3. The van der Waals surface area contributed by atoms with E-state index in [1.165, 1.54) is 6.08 Å². The summed E-state index contributed by atoms with van der Waals surface area (Å²) in [4.78, 5) is 26.9. The average Bonchev–Trinajstić information content (AvgIpc) is 2.95. The van der Waals surface area contributed by atoms with Crippen molar-refractivity contribution in [3.63, 3.8) is 0 Å². The Kier molecular flexibility index (Phi) is 4.81. The molecule has 0 radical (unpaired) electrons. The summed E-state index contributed by atoms with van der Waals surface area (Å²) in [6.07, 6.45) is 4.93. The van der Waals surface area contributed by atoms with E-state index < -0.39 is 0 Å². The van der Waals surface area contributed by atoms with Crippen molar-refractivity contribution in [1.29, 1.82) is 0 Å². The second kappa shape index (κ2) is 6.39. The highest BCUT2D eigenvalue weighted by Crippen LogP contribution is 2.32. The Morgan fingerprint density at radius 2 is 1.85 bits per heavy atom. The quantitative estimate of drug-likeness (QED) is 0.726. The summed E-state index contributed by atoms with van der Waals surface area (Å²) in [6, 6.07) is 0. The molecule has 0 spiro atoms. The molecule has 2 aliphatic rings. The van der Waals surface area contributed by atoms with Crippen molar-refractivity contribution in [2.75, 3.05) is 27.2 Å². The zero-order valence-corrected chi connectivity index (χ0v) is 12.4. The SMILES string of the molecule is C=CC(=O)N1CCC([C@H]2CC[C@@H](C(=O)N(C)C)O2)CC1. The Labute approximate surface area is 120 Å². The molecule has 0 N–H and O–H groups in total. The van der Waals surface area contributed by atoms with Crippen LogP contribution in [0.2, 0.25) is 0 Å². The molecule has 2 fully saturated rings. The van der Waals surface area contributed by atoms with Gasteiger partial charge in [-0.05, 0) is 37.7 Å². The molecule has 20 heavy (non-hydrogen) atoms. The number of ether oxygens (including phenoxy) is 1. The summed E-state index contributed by atoms with van der Waals surface area (Å²) in [5, 5.41) is 0. The van der Waals surface area contributed by atoms with Crippen molar-refractivity contribution in [3.8, 4) is 0 Å². The molecule has 2 rings (SSSR count). The minimum absolute atomic E-state index is 0.0106. The number of hydrogen-bond acceptors (Lipinski definition) is 3. The van der Waals surface area contributed by atoms with Crippen LogP contribution in [0.5, 0.6) is 0 Å². The highest BCUT2D eigenvalue weighted by Gasteiger charge is 2.37. The molecule has 0 aromatic carbocycles. The van der Waals surface area contributed by atoms with Crippen molar-refractivity contribution in [2.24, 2.45) is 5.92 Å². The van der Waals surface area contributed by atoms with Gasteiger partial charge in [-0.15, -0.1) is 0 Å². The lowest BCUT2D eigenvalue weighted by atomic mass is 9.89. The van der Waals surface area contributed by atoms with Gasteiger partial charge < -0.3 is 14.5 Å². The number of piperidine rings is 1. The van der Waals surface area contributed by atoms with E-state index in [0.29, 0.717) is 5.92 Å². The van der Waals surface area contributed by atoms with E-state index in [1.54, 1.807) is 19.0 Å². The number of rotatable bonds is 3. The predicted molar refractivity (Wildman–Crippen MR) is 76.1 cm³/mol. The average molecular weight is 280 g/mol. The summed E-state index contributed by atoms with van der Waals surface area (Å²) in [5.41, 5.74) is 0. The second-order valence-corrected chi connectivity index (χ2v) is 5.84. The molecule has 0 aliphatic carbocycles. The van der Waals surface area contributed by atoms with Crippen LogP contribution < -0.4 is 0 Å². The topological polar surface area (TPSA) is 49.9 Å². The van der Waals surface area contributed by atoms with E-state index in [2.05, 4.69) is 6.58 Å². The molecule has 0 aromatic rings. The number of carbonyl (C=O) groups is 2. The summed E-state index contributed by atoms with van der Waals surface area (Å²) in [7, 11) is 3.52. The molecule has 2 aliphatic heterocycles. The highest BCUT2D eigenvalue weighted by molar-refractivity contribution is 5.87. The van der Waals surface area contributed by atoms with Crippen LogP contribution in [0.15, 0.2) is 12.7 Å². The van der Waals surface area contributed by atoms with Crippen LogP contribution in [0, 0.1) is 5.92 Å². The molecule has 0 bridgehead atoms. The fourth-order valence-corrected chi connectivity index (χ4v) is 3.10. The van der Waals surface area contributed by atoms with Gasteiger partial charge in [-0.2, -0.15) is 0 Å². The van der Waals surface area contributed by atoms with Crippen LogP contribution in [0.25, 0.3) is 0 Å². The number of carbonyl (C=O) groups excluding carboxylic acids is 2. The van der Waals surface area contributed by atoms with Crippen molar-refractivity contribution < 1.29 is 14.3 Å². The number of hydrogen-bond donors (Lipinski definition) is 0. The van der Waals surface area contributed by atoms with Gasteiger partial charge in [-0.1, -0.05) is 6.58 Å². The summed E-state index contributed by atoms with van der Waals surface area (Å²) < 4.78 is 5.93. The third-order valence-corrected chi connectivity index (χ3v) is 4.32. The summed E-state index contributed by atoms with van der Waals surface area (Å²) in [6.45, 7) is 5.05. The first-order valence-electron chi connectivity index (χ1n) is 7.31. The van der Waals surface area contributed by atoms with Crippen LogP contribution in [-0.4, -0.2) is 61.0 Å². The van der Waals surface area contributed by atoms with Crippen LogP contribution in [0.1, 0.15) is 25.7 Å². The first kappa shape index (κ1) is 15.0. The van der Waals surface area contributed by atoms with Crippen LogP contribution in [0.4, 0.5) is 0 Å². The van der Waals surface area contributed by atoms with E-state index in [0.717, 1.165) is 38.8 Å². The Hall–Kier alpha value is -1.36. The Morgan fingerprint density at radius 3 is 2.40 bits per heavy atom. The van der Waals surface area contributed by atoms with Gasteiger partial charge in [0, 0.05) is 27.2 Å². The van der Waals surface area contributed by atoms with Gasteiger partial charge in [-0.3, -0.25) is 9.59 Å². The zero-order valence-electron chi connectivity index (χ0n) is 12.4. The highest BCUT2D eigenvalue weighted by atomic mass is 16.5. The Bertz CT molecular complexity index is 387. The number of likely N-dealkylation sites (tertiary alicyclic amines) is 1. The van der Waals surface area contributed by atoms with Gasteiger partial charge in [0.2, 0.25) is 5.91 Å². The third-order valence-electron chi connectivity index (χ3n) is 4.32. The first-order chi connectivity index (χ1) is 9.52. The maximum atomic E-state index is 11.9. The van der Waals surface area contributed by atoms with Gasteiger partial charge in [0.1, 0.15) is 6.10 Å². The third kappa shape index (κ3) is 3.20. The summed E-state index contributed by atoms with van der Waals surface area (Å²) in [5.74, 6) is 0.534. The maximum Gasteiger partial charge on any atom is 0.251 e. The van der Waals surface area contributed by atoms with E-state index in [1.807, 2.05) is 4.90 Å². The van der Waals surface area contributed by atoms with Crippen molar-refractivity contribution in [1.82, 2.24) is 9.80 Å². The van der Waals surface area contributed by atoms with E-state index in [4.69, 9.17) is 4.74 Å². The lowest BCUT2D eigenvalue weighted by Crippen LogP contribution is -2.41. The van der Waals surface area contributed by atoms with E-state index in [-0.39, 0.29) is 24.0 Å². The molecule has 0 saturated carbocycles. The standard InChI is InChI=1S/C15H24N2O3/c1-4-14(18)17-9-7-11(8-10-17)12-5-6-13(20-12)15(19)16(2)3/h4,11-13H,1,5-10H2,2-3H3/t12-,13+/m1/s1. The molecule has 0 aromatic heterocycles. The van der Waals surface area contributed by atoms with Gasteiger partial charge in [0.25, 0.3) is 5.91 Å². The van der Waals surface area contributed by atoms with Crippen LogP contribution in [-0.2, 0) is 14.3 Å². The molecule has 112 valence electrons. The van der Waals surface area contributed by atoms with Crippen molar-refractivity contribution in [3.05, 3.63) is 12.7 Å². The first-order valence-corrected chi connectivity index (χ1v) is 7.31. The molecule has 2 amide bonds. The fraction of sp³-hybridized carbons (Fsp3) is 0.733. The van der Waals surface area contributed by atoms with Crippen LogP contribution in [0.3, 0.4) is 0 Å². The van der Waals surface area contributed by atoms with Gasteiger partial charge >= 0.3 is 0 Å². The molecule has 2 saturated heterocycles. The monoisotopic (exact) mass is 280 g/mol. The Balaban J connectivity index is 1.82. The van der Waals surface area contributed by atoms with Crippen LogP contribution >= 0.6 is 0 Å². The van der Waals surface area contributed by atoms with Gasteiger partial charge in [0.15, 0.2) is 0 Å². The van der Waals surface area contributed by atoms with Gasteiger partial charge in [-0.25, -0.2) is 0 Å². The number of likely N-dealkylation sites (N-methyl/N-ethyl adjacent to an activating group) is 1. The molecule has 2 heterocycles. The predicted octanol–water partition coefficient (Wildman–Crippen LogP) is 1.05. The van der Waals surface area contributed by atoms with Gasteiger partial charge in [0.05, 0.1) is 6.10 Å². The number of amides is 2. The van der Waals surface area contributed by atoms with Crippen molar-refractivity contribution in [2.45, 2.75) is 37.9 Å². The Morgan fingerprint density at radius 1 is 1.20 bits per heavy atom. The number of nitrogens with zero attached hydrogens (tertiary/aromatic N) is 2. The minimum atomic E-state index is -0.275. The second-order valence-electron chi connectivity index (χ2n) is 5.84. The minimum Gasteiger partial charge on any atom is -0.365 e. The lowest BCUT2D eigenvalue weighted by molar-refractivity contribution is -0.142. The maximum absolute atomic E-state index is 11.9. The molecular weight excluding hydrogens is 256 g/mol. The van der Waals surface area contributed by atoms with Crippen molar-refractivity contribution >= 4 is 11.8 Å². The largest absolute Gasteiger partial charge is 0.365 e. The summed E-state index contributed by atoms with van der Waals surface area (Å²) >= 11 is 0. The van der Waals surface area contributed by atoms with E-state index >= 15 is 0 Å². The molecule has 0 unspecified atom stereocenters. The van der Waals surface area contributed by atoms with E-state index in [9.17, 15) is 9.59 Å². The lowest BCUT2D eigenvalue weighted by Gasteiger charge is -2.34. The fourth-order valence-electron chi connectivity index (χ4n) is 3.10.